The Kier molecular flexibility index (Phi) is 3.04. The lowest BCUT2D eigenvalue weighted by Crippen LogP contribution is -2.12. The molecule has 1 aromatic carbocycles. The summed E-state index contributed by atoms with van der Waals surface area (Å²) in [6.45, 7) is 4.79. The van der Waals surface area contributed by atoms with Crippen LogP contribution in [0.4, 0.5) is 0 Å². The topological polar surface area (TPSA) is 38.7 Å². The third kappa shape index (κ3) is 2.13. The molecule has 4 unspecified atom stereocenters. The van der Waals surface area contributed by atoms with E-state index in [-0.39, 0.29) is 18.1 Å². The molecule has 0 radical (unpaired) electrons. The first-order valence-corrected chi connectivity index (χ1v) is 6.72. The quantitative estimate of drug-likeness (QED) is 0.873. The third-order valence-corrected chi connectivity index (χ3v) is 3.94. The molecular weight excluding hydrogens is 228 g/mol. The molecular formula is C15H20O3. The van der Waals surface area contributed by atoms with E-state index in [9.17, 15) is 5.11 Å². The molecule has 1 N–H and O–H groups in total. The van der Waals surface area contributed by atoms with Crippen LogP contribution in [0.5, 0.6) is 5.75 Å². The van der Waals surface area contributed by atoms with Crippen molar-refractivity contribution in [1.29, 1.82) is 0 Å². The second-order valence-electron chi connectivity index (χ2n) is 5.58. The fourth-order valence-electron chi connectivity index (χ4n) is 2.97. The zero-order chi connectivity index (χ0) is 12.7. The normalized spacial score (nSPS) is 32.1. The van der Waals surface area contributed by atoms with Gasteiger partial charge in [0.1, 0.15) is 11.9 Å². The average Bonchev–Trinajstić information content (AvgIpc) is 2.92. The fraction of sp³-hybridized carbons (Fsp3) is 0.600. The van der Waals surface area contributed by atoms with Gasteiger partial charge in [-0.1, -0.05) is 6.07 Å². The van der Waals surface area contributed by atoms with Crippen molar-refractivity contribution in [3.63, 3.8) is 0 Å². The second-order valence-corrected chi connectivity index (χ2v) is 5.58. The van der Waals surface area contributed by atoms with Gasteiger partial charge >= 0.3 is 0 Å². The SMILES string of the molecule is CC1CC(C(O)c2ccc3c(c2)CC(C)O3)CO1. The Morgan fingerprint density at radius 2 is 2.11 bits per heavy atom. The highest BCUT2D eigenvalue weighted by molar-refractivity contribution is 5.41. The number of hydrogen-bond donors (Lipinski definition) is 1. The molecule has 3 nitrogen and oxygen atoms in total. The van der Waals surface area contributed by atoms with Crippen LogP contribution in [0.2, 0.25) is 0 Å². The first-order valence-electron chi connectivity index (χ1n) is 6.72. The van der Waals surface area contributed by atoms with Gasteiger partial charge in [-0.15, -0.1) is 0 Å². The van der Waals surface area contributed by atoms with Crippen molar-refractivity contribution >= 4 is 0 Å². The van der Waals surface area contributed by atoms with Crippen molar-refractivity contribution in [2.75, 3.05) is 6.61 Å². The summed E-state index contributed by atoms with van der Waals surface area (Å²) in [6.07, 6.45) is 1.97. The summed E-state index contributed by atoms with van der Waals surface area (Å²) in [5, 5.41) is 10.4. The molecule has 0 bridgehead atoms. The predicted octanol–water partition coefficient (Wildman–Crippen LogP) is 2.47. The summed E-state index contributed by atoms with van der Waals surface area (Å²) < 4.78 is 11.2. The number of ether oxygens (including phenoxy) is 2. The second kappa shape index (κ2) is 4.56. The van der Waals surface area contributed by atoms with Crippen LogP contribution in [-0.2, 0) is 11.2 Å². The van der Waals surface area contributed by atoms with Gasteiger partial charge in [0.15, 0.2) is 0 Å². The van der Waals surface area contributed by atoms with Crippen molar-refractivity contribution in [3.05, 3.63) is 29.3 Å². The van der Waals surface area contributed by atoms with Gasteiger partial charge in [0.05, 0.1) is 18.8 Å². The van der Waals surface area contributed by atoms with Crippen molar-refractivity contribution in [2.24, 2.45) is 5.92 Å². The molecule has 0 amide bonds. The Morgan fingerprint density at radius 1 is 1.28 bits per heavy atom. The molecule has 0 aliphatic carbocycles. The van der Waals surface area contributed by atoms with Crippen LogP contribution in [-0.4, -0.2) is 23.9 Å². The molecule has 2 aliphatic rings. The molecule has 0 aromatic heterocycles. The van der Waals surface area contributed by atoms with Gasteiger partial charge in [-0.3, -0.25) is 0 Å². The highest BCUT2D eigenvalue weighted by atomic mass is 16.5. The predicted molar refractivity (Wildman–Crippen MR) is 68.7 cm³/mol. The Morgan fingerprint density at radius 3 is 2.83 bits per heavy atom. The Labute approximate surface area is 108 Å². The Bertz CT molecular complexity index is 443. The molecule has 98 valence electrons. The lowest BCUT2D eigenvalue weighted by Gasteiger charge is -2.17. The summed E-state index contributed by atoms with van der Waals surface area (Å²) in [6, 6.07) is 6.05. The summed E-state index contributed by atoms with van der Waals surface area (Å²) in [5.41, 5.74) is 2.21. The highest BCUT2D eigenvalue weighted by Crippen LogP contribution is 2.35. The summed E-state index contributed by atoms with van der Waals surface area (Å²) in [4.78, 5) is 0. The molecule has 18 heavy (non-hydrogen) atoms. The monoisotopic (exact) mass is 248 g/mol. The van der Waals surface area contributed by atoms with E-state index in [2.05, 4.69) is 19.9 Å². The maximum atomic E-state index is 10.4. The zero-order valence-electron chi connectivity index (χ0n) is 10.9. The smallest absolute Gasteiger partial charge is 0.123 e. The summed E-state index contributed by atoms with van der Waals surface area (Å²) in [7, 11) is 0. The molecule has 0 spiro atoms. The van der Waals surface area contributed by atoms with Crippen molar-refractivity contribution in [2.45, 2.75) is 45.0 Å². The van der Waals surface area contributed by atoms with E-state index in [0.717, 1.165) is 24.2 Å². The molecule has 1 fully saturated rings. The largest absolute Gasteiger partial charge is 0.490 e. The fourth-order valence-corrected chi connectivity index (χ4v) is 2.97. The molecule has 1 aromatic rings. The van der Waals surface area contributed by atoms with Crippen LogP contribution in [0, 0.1) is 5.92 Å². The van der Waals surface area contributed by atoms with Crippen LogP contribution >= 0.6 is 0 Å². The first kappa shape index (κ1) is 12.0. The van der Waals surface area contributed by atoms with E-state index in [1.54, 1.807) is 0 Å². The first-order chi connectivity index (χ1) is 8.63. The van der Waals surface area contributed by atoms with Gasteiger partial charge in [-0.25, -0.2) is 0 Å². The maximum absolute atomic E-state index is 10.4. The molecule has 4 atom stereocenters. The van der Waals surface area contributed by atoms with Gasteiger partial charge in [0.2, 0.25) is 0 Å². The van der Waals surface area contributed by atoms with Crippen LogP contribution in [0.1, 0.15) is 37.5 Å². The lowest BCUT2D eigenvalue weighted by molar-refractivity contribution is 0.0803. The number of rotatable bonds is 2. The van der Waals surface area contributed by atoms with Crippen molar-refractivity contribution in [3.8, 4) is 5.75 Å². The molecule has 3 rings (SSSR count). The van der Waals surface area contributed by atoms with E-state index < -0.39 is 6.10 Å². The van der Waals surface area contributed by atoms with Gasteiger partial charge in [-0.2, -0.15) is 0 Å². The van der Waals surface area contributed by atoms with E-state index in [1.165, 1.54) is 5.56 Å². The molecule has 1 saturated heterocycles. The van der Waals surface area contributed by atoms with Gasteiger partial charge in [-0.05, 0) is 43.5 Å². The number of benzene rings is 1. The minimum atomic E-state index is -0.420. The standard InChI is InChI=1S/C15H20O3/c1-9-5-13(8-17-9)15(16)11-3-4-14-12(7-11)6-10(2)18-14/h3-4,7,9-10,13,15-16H,5-6,8H2,1-2H3. The molecule has 0 saturated carbocycles. The lowest BCUT2D eigenvalue weighted by atomic mass is 9.92. The highest BCUT2D eigenvalue weighted by Gasteiger charge is 2.30. The van der Waals surface area contributed by atoms with Crippen molar-refractivity contribution < 1.29 is 14.6 Å². The minimum Gasteiger partial charge on any atom is -0.490 e. The van der Waals surface area contributed by atoms with Crippen molar-refractivity contribution in [1.82, 2.24) is 0 Å². The zero-order valence-corrected chi connectivity index (χ0v) is 10.9. The summed E-state index contributed by atoms with van der Waals surface area (Å²) in [5.74, 6) is 1.19. The van der Waals surface area contributed by atoms with Crippen LogP contribution < -0.4 is 4.74 Å². The maximum Gasteiger partial charge on any atom is 0.123 e. The molecule has 2 heterocycles. The van der Waals surface area contributed by atoms with E-state index in [0.29, 0.717) is 6.61 Å². The van der Waals surface area contributed by atoms with E-state index in [1.807, 2.05) is 12.1 Å². The van der Waals surface area contributed by atoms with Gasteiger partial charge < -0.3 is 14.6 Å². The summed E-state index contributed by atoms with van der Waals surface area (Å²) >= 11 is 0. The number of aliphatic hydroxyl groups is 1. The molecule has 3 heteroatoms. The minimum absolute atomic E-state index is 0.220. The van der Waals surface area contributed by atoms with Gasteiger partial charge in [0, 0.05) is 12.3 Å². The third-order valence-electron chi connectivity index (χ3n) is 3.94. The van der Waals surface area contributed by atoms with Crippen LogP contribution in [0.25, 0.3) is 0 Å². The Hall–Kier alpha value is -1.06. The van der Waals surface area contributed by atoms with Gasteiger partial charge in [0.25, 0.3) is 0 Å². The molecule has 2 aliphatic heterocycles. The number of aliphatic hydroxyl groups excluding tert-OH is 1. The number of hydrogen-bond acceptors (Lipinski definition) is 3. The number of fused-ring (bicyclic) bond motifs is 1. The van der Waals surface area contributed by atoms with E-state index >= 15 is 0 Å². The Balaban J connectivity index is 1.79. The van der Waals surface area contributed by atoms with Crippen LogP contribution in [0.3, 0.4) is 0 Å². The van der Waals surface area contributed by atoms with E-state index in [4.69, 9.17) is 9.47 Å². The van der Waals surface area contributed by atoms with Crippen LogP contribution in [0.15, 0.2) is 18.2 Å². The average molecular weight is 248 g/mol.